The molecule has 0 aliphatic carbocycles. The smallest absolute Gasteiger partial charge is 0.318 e. The van der Waals surface area contributed by atoms with Gasteiger partial charge >= 0.3 is 11.9 Å². The van der Waals surface area contributed by atoms with Crippen LogP contribution in [0.25, 0.3) is 22.3 Å². The summed E-state index contributed by atoms with van der Waals surface area (Å²) in [4.78, 5) is 39.1. The predicted octanol–water partition coefficient (Wildman–Crippen LogP) is 7.70. The van der Waals surface area contributed by atoms with Gasteiger partial charge in [-0.3, -0.25) is 14.4 Å². The summed E-state index contributed by atoms with van der Waals surface area (Å²) >= 11 is 0. The van der Waals surface area contributed by atoms with Gasteiger partial charge in [-0.05, 0) is 41.8 Å². The van der Waals surface area contributed by atoms with Crippen LogP contribution in [0.5, 0.6) is 5.75 Å². The molecule has 0 aliphatic heterocycles. The number of fused-ring (bicyclic) bond motifs is 1. The quantitative estimate of drug-likeness (QED) is 0.0819. The second-order valence-corrected chi connectivity index (χ2v) is 12.1. The SMILES string of the molecule is O=C(CCCNCC(COc1ccc2c(=O)cc(-c3ccccc3)oc2c1)OC(=O)C(c1ccccc1)c1ccccc1)OCc1ccccc1. The number of carbonyl (C=O) groups excluding carboxylic acids is 2. The molecule has 6 aromatic rings. The molecule has 1 aromatic heterocycles. The van der Waals surface area contributed by atoms with Crippen LogP contribution in [0, 0.1) is 0 Å². The van der Waals surface area contributed by atoms with Crippen molar-refractivity contribution in [2.24, 2.45) is 0 Å². The molecule has 1 N–H and O–H groups in total. The molecule has 1 heterocycles. The Labute approximate surface area is 296 Å². The number of hydrogen-bond donors (Lipinski definition) is 1. The zero-order valence-electron chi connectivity index (χ0n) is 28.1. The maximum absolute atomic E-state index is 13.9. The van der Waals surface area contributed by atoms with Crippen LogP contribution in [0.15, 0.2) is 155 Å². The number of esters is 2. The maximum Gasteiger partial charge on any atom is 0.318 e. The topological polar surface area (TPSA) is 104 Å². The number of rotatable bonds is 16. The van der Waals surface area contributed by atoms with Gasteiger partial charge in [0.15, 0.2) is 5.43 Å². The minimum Gasteiger partial charge on any atom is -0.490 e. The molecule has 0 spiro atoms. The molecule has 0 fully saturated rings. The van der Waals surface area contributed by atoms with Crippen molar-refractivity contribution < 1.29 is 28.2 Å². The van der Waals surface area contributed by atoms with Gasteiger partial charge in [-0.15, -0.1) is 0 Å². The molecule has 1 unspecified atom stereocenters. The first-order chi connectivity index (χ1) is 25.0. The van der Waals surface area contributed by atoms with E-state index in [0.717, 1.165) is 22.3 Å². The number of nitrogens with one attached hydrogen (secondary N) is 1. The van der Waals surface area contributed by atoms with Crippen molar-refractivity contribution in [1.82, 2.24) is 5.32 Å². The molecular weight excluding hydrogens is 642 g/mol. The highest BCUT2D eigenvalue weighted by Crippen LogP contribution is 2.28. The second kappa shape index (κ2) is 17.6. The van der Waals surface area contributed by atoms with Gasteiger partial charge in [0.1, 0.15) is 42.3 Å². The Bertz CT molecular complexity index is 2030. The van der Waals surface area contributed by atoms with Gasteiger partial charge in [-0.25, -0.2) is 0 Å². The zero-order valence-corrected chi connectivity index (χ0v) is 28.1. The molecule has 258 valence electrons. The van der Waals surface area contributed by atoms with Crippen LogP contribution in [0.4, 0.5) is 0 Å². The standard InChI is InChI=1S/C43H39NO7/c45-38-27-39(32-16-7-2-8-17-32)51-40-26-35(23-24-37(38)40)48-30-36(28-44-25-13-22-41(46)49-29-31-14-5-1-6-15-31)50-43(47)42(33-18-9-3-10-19-33)34-20-11-4-12-21-34/h1-12,14-21,23-24,26-27,36,42,44H,13,22,25,28-30H2. The van der Waals surface area contributed by atoms with Crippen LogP contribution in [0.2, 0.25) is 0 Å². The highest BCUT2D eigenvalue weighted by atomic mass is 16.6. The van der Waals surface area contributed by atoms with Crippen LogP contribution >= 0.6 is 0 Å². The molecule has 8 heteroatoms. The van der Waals surface area contributed by atoms with E-state index < -0.39 is 18.0 Å². The lowest BCUT2D eigenvalue weighted by molar-refractivity contribution is -0.151. The van der Waals surface area contributed by atoms with E-state index in [-0.39, 0.29) is 37.6 Å². The molecule has 0 radical (unpaired) electrons. The van der Waals surface area contributed by atoms with Gasteiger partial charge in [0.25, 0.3) is 0 Å². The van der Waals surface area contributed by atoms with Gasteiger partial charge in [0, 0.05) is 30.7 Å². The third kappa shape index (κ3) is 9.80. The van der Waals surface area contributed by atoms with Crippen molar-refractivity contribution in [1.29, 1.82) is 0 Å². The Kier molecular flexibility index (Phi) is 12.0. The minimum atomic E-state index is -0.684. The summed E-state index contributed by atoms with van der Waals surface area (Å²) in [5, 5.41) is 3.75. The number of ether oxygens (including phenoxy) is 3. The van der Waals surface area contributed by atoms with Gasteiger partial charge < -0.3 is 23.9 Å². The molecule has 51 heavy (non-hydrogen) atoms. The zero-order chi connectivity index (χ0) is 35.3. The summed E-state index contributed by atoms with van der Waals surface area (Å²) in [5.74, 6) is -0.414. The van der Waals surface area contributed by atoms with E-state index in [1.807, 2.05) is 121 Å². The van der Waals surface area contributed by atoms with Crippen molar-refractivity contribution >= 4 is 22.9 Å². The van der Waals surface area contributed by atoms with Crippen LogP contribution in [0.1, 0.15) is 35.4 Å². The lowest BCUT2D eigenvalue weighted by Gasteiger charge is -2.23. The lowest BCUT2D eigenvalue weighted by atomic mass is 9.91. The van der Waals surface area contributed by atoms with Crippen LogP contribution in [-0.4, -0.2) is 37.7 Å². The molecule has 0 saturated carbocycles. The van der Waals surface area contributed by atoms with Crippen LogP contribution in [0.3, 0.4) is 0 Å². The van der Waals surface area contributed by atoms with E-state index >= 15 is 0 Å². The van der Waals surface area contributed by atoms with E-state index in [2.05, 4.69) is 5.32 Å². The van der Waals surface area contributed by atoms with E-state index in [9.17, 15) is 14.4 Å². The van der Waals surface area contributed by atoms with E-state index in [1.165, 1.54) is 6.07 Å². The number of benzene rings is 5. The number of hydrogen-bond acceptors (Lipinski definition) is 8. The van der Waals surface area contributed by atoms with Gasteiger partial charge in [0.05, 0.1) is 5.39 Å². The van der Waals surface area contributed by atoms with Crippen LogP contribution in [-0.2, 0) is 25.7 Å². The molecule has 5 aromatic carbocycles. The normalized spacial score (nSPS) is 11.6. The summed E-state index contributed by atoms with van der Waals surface area (Å²) in [6, 6.07) is 44.5. The fourth-order valence-electron chi connectivity index (χ4n) is 5.71. The van der Waals surface area contributed by atoms with Crippen molar-refractivity contribution in [3.05, 3.63) is 173 Å². The van der Waals surface area contributed by atoms with Crippen molar-refractivity contribution in [2.75, 3.05) is 19.7 Å². The Balaban J connectivity index is 1.13. The molecule has 1 atom stereocenters. The first-order valence-corrected chi connectivity index (χ1v) is 17.0. The molecule has 0 bridgehead atoms. The van der Waals surface area contributed by atoms with Crippen molar-refractivity contribution in [2.45, 2.75) is 31.5 Å². The van der Waals surface area contributed by atoms with Gasteiger partial charge in [-0.1, -0.05) is 121 Å². The highest BCUT2D eigenvalue weighted by molar-refractivity contribution is 5.82. The van der Waals surface area contributed by atoms with Gasteiger partial charge in [0.2, 0.25) is 0 Å². The third-order valence-electron chi connectivity index (χ3n) is 8.33. The maximum atomic E-state index is 13.9. The largest absolute Gasteiger partial charge is 0.490 e. The summed E-state index contributed by atoms with van der Waals surface area (Å²) in [7, 11) is 0. The first-order valence-electron chi connectivity index (χ1n) is 17.0. The lowest BCUT2D eigenvalue weighted by Crippen LogP contribution is -2.37. The first kappa shape index (κ1) is 34.9. The Hall–Kier alpha value is -5.99. The molecule has 6 rings (SSSR count). The minimum absolute atomic E-state index is 0.0300. The fraction of sp³-hybridized carbons (Fsp3) is 0.186. The molecule has 0 saturated heterocycles. The molecule has 8 nitrogen and oxygen atoms in total. The van der Waals surface area contributed by atoms with Crippen LogP contribution < -0.4 is 15.5 Å². The average molecular weight is 682 g/mol. The van der Waals surface area contributed by atoms with Crippen molar-refractivity contribution in [3.63, 3.8) is 0 Å². The van der Waals surface area contributed by atoms with E-state index in [1.54, 1.807) is 18.2 Å². The highest BCUT2D eigenvalue weighted by Gasteiger charge is 2.27. The predicted molar refractivity (Wildman–Crippen MR) is 196 cm³/mol. The van der Waals surface area contributed by atoms with Crippen molar-refractivity contribution in [3.8, 4) is 17.1 Å². The molecular formula is C43H39NO7. The summed E-state index contributed by atoms with van der Waals surface area (Å²) < 4.78 is 23.8. The monoisotopic (exact) mass is 681 g/mol. The molecule has 0 aliphatic rings. The van der Waals surface area contributed by atoms with E-state index in [4.69, 9.17) is 18.6 Å². The Morgan fingerprint density at radius 1 is 0.725 bits per heavy atom. The Morgan fingerprint density at radius 3 is 2.02 bits per heavy atom. The summed E-state index contributed by atoms with van der Waals surface area (Å²) in [5.41, 5.74) is 3.58. The number of carbonyl (C=O) groups is 2. The second-order valence-electron chi connectivity index (χ2n) is 12.1. The third-order valence-corrected chi connectivity index (χ3v) is 8.33. The summed E-state index contributed by atoms with van der Waals surface area (Å²) in [6.07, 6.45) is 0.105. The van der Waals surface area contributed by atoms with Gasteiger partial charge in [-0.2, -0.15) is 0 Å². The van der Waals surface area contributed by atoms with E-state index in [0.29, 0.717) is 35.4 Å². The Morgan fingerprint density at radius 2 is 1.35 bits per heavy atom. The average Bonchev–Trinajstić information content (AvgIpc) is 3.17. The molecule has 0 amide bonds. The summed E-state index contributed by atoms with van der Waals surface area (Å²) in [6.45, 7) is 1.04. The fourth-order valence-corrected chi connectivity index (χ4v) is 5.71.